The van der Waals surface area contributed by atoms with Crippen LogP contribution < -0.4 is 5.73 Å². The Hall–Kier alpha value is -1.71. The number of hydrogen-bond acceptors (Lipinski definition) is 4. The summed E-state index contributed by atoms with van der Waals surface area (Å²) in [6.07, 6.45) is 0.0801. The lowest BCUT2D eigenvalue weighted by Gasteiger charge is -2.04. The molecular weight excluding hydrogens is 170 g/mol. The van der Waals surface area contributed by atoms with Gasteiger partial charge < -0.3 is 15.6 Å². The summed E-state index contributed by atoms with van der Waals surface area (Å²) in [5, 5.41) is 9.12. The molecule has 1 rings (SSSR count). The predicted molar refractivity (Wildman–Crippen MR) is 48.2 cm³/mol. The first-order valence-electron chi connectivity index (χ1n) is 3.77. The number of methoxy groups -OCH3 is 1. The van der Waals surface area contributed by atoms with Crippen molar-refractivity contribution in [2.75, 3.05) is 12.8 Å². The van der Waals surface area contributed by atoms with Crippen LogP contribution in [0.2, 0.25) is 0 Å². The van der Waals surface area contributed by atoms with Crippen molar-refractivity contribution >= 4 is 11.7 Å². The van der Waals surface area contributed by atoms with Crippen LogP contribution >= 0.6 is 0 Å². The number of esters is 1. The van der Waals surface area contributed by atoms with E-state index < -0.39 is 0 Å². The zero-order chi connectivity index (χ0) is 9.84. The second kappa shape index (κ2) is 3.80. The number of anilines is 1. The Morgan fingerprint density at radius 3 is 2.92 bits per heavy atom. The minimum atomic E-state index is -0.378. The van der Waals surface area contributed by atoms with Crippen molar-refractivity contribution < 1.29 is 14.6 Å². The van der Waals surface area contributed by atoms with Crippen molar-refractivity contribution in [3.63, 3.8) is 0 Å². The largest absolute Gasteiger partial charge is 0.508 e. The third kappa shape index (κ3) is 2.37. The molecule has 13 heavy (non-hydrogen) atoms. The predicted octanol–water partition coefficient (Wildman–Crippen LogP) is 0.690. The van der Waals surface area contributed by atoms with Crippen LogP contribution in [-0.4, -0.2) is 18.2 Å². The normalized spacial score (nSPS) is 9.62. The van der Waals surface area contributed by atoms with Gasteiger partial charge in [-0.2, -0.15) is 0 Å². The fraction of sp³-hybridized carbons (Fsp3) is 0.222. The molecule has 0 aliphatic carbocycles. The topological polar surface area (TPSA) is 72.5 Å². The number of aromatic hydroxyl groups is 1. The minimum absolute atomic E-state index is 0.0801. The molecule has 1 aromatic rings. The first-order chi connectivity index (χ1) is 6.13. The van der Waals surface area contributed by atoms with E-state index in [0.717, 1.165) is 0 Å². The van der Waals surface area contributed by atoms with E-state index >= 15 is 0 Å². The van der Waals surface area contributed by atoms with Gasteiger partial charge >= 0.3 is 5.97 Å². The van der Waals surface area contributed by atoms with Crippen LogP contribution in [0.4, 0.5) is 5.69 Å². The average Bonchev–Trinajstić information content (AvgIpc) is 2.11. The monoisotopic (exact) mass is 181 g/mol. The third-order valence-electron chi connectivity index (χ3n) is 1.69. The number of rotatable bonds is 2. The number of phenols is 1. The fourth-order valence-corrected chi connectivity index (χ4v) is 0.973. The van der Waals surface area contributed by atoms with Crippen molar-refractivity contribution in [1.29, 1.82) is 0 Å². The van der Waals surface area contributed by atoms with Crippen molar-refractivity contribution in [2.45, 2.75) is 6.42 Å². The average molecular weight is 181 g/mol. The summed E-state index contributed by atoms with van der Waals surface area (Å²) >= 11 is 0. The van der Waals surface area contributed by atoms with E-state index in [4.69, 9.17) is 10.8 Å². The summed E-state index contributed by atoms with van der Waals surface area (Å²) < 4.78 is 4.47. The second-order valence-electron chi connectivity index (χ2n) is 2.64. The van der Waals surface area contributed by atoms with Gasteiger partial charge in [0.05, 0.1) is 13.5 Å². The molecule has 0 atom stereocenters. The van der Waals surface area contributed by atoms with Gasteiger partial charge in [-0.05, 0) is 23.8 Å². The van der Waals surface area contributed by atoms with Gasteiger partial charge in [0.2, 0.25) is 0 Å². The van der Waals surface area contributed by atoms with Gasteiger partial charge in [0.15, 0.2) is 0 Å². The van der Waals surface area contributed by atoms with E-state index in [-0.39, 0.29) is 18.1 Å². The number of phenolic OH excluding ortho intramolecular Hbond substituents is 1. The summed E-state index contributed by atoms with van der Waals surface area (Å²) in [5.74, 6) is -0.287. The lowest BCUT2D eigenvalue weighted by atomic mass is 10.1. The molecular formula is C9H11NO3. The molecule has 4 nitrogen and oxygen atoms in total. The molecule has 0 spiro atoms. The van der Waals surface area contributed by atoms with E-state index in [1.165, 1.54) is 19.2 Å². The molecule has 0 saturated heterocycles. The maximum Gasteiger partial charge on any atom is 0.310 e. The standard InChI is InChI=1S/C9H11NO3/c1-13-9(12)5-6-4-7(11)2-3-8(6)10/h2-4,11H,5,10H2,1H3. The van der Waals surface area contributed by atoms with E-state index in [1.807, 2.05) is 0 Å². The Labute approximate surface area is 75.9 Å². The summed E-state index contributed by atoms with van der Waals surface area (Å²) in [5.41, 5.74) is 6.62. The summed E-state index contributed by atoms with van der Waals surface area (Å²) in [7, 11) is 1.31. The Bertz CT molecular complexity index is 323. The van der Waals surface area contributed by atoms with Gasteiger partial charge in [0.25, 0.3) is 0 Å². The van der Waals surface area contributed by atoms with Crippen molar-refractivity contribution in [3.05, 3.63) is 23.8 Å². The number of carbonyl (C=O) groups is 1. The lowest BCUT2D eigenvalue weighted by molar-refractivity contribution is -0.139. The van der Waals surface area contributed by atoms with Gasteiger partial charge in [-0.1, -0.05) is 0 Å². The molecule has 0 amide bonds. The highest BCUT2D eigenvalue weighted by Gasteiger charge is 2.06. The number of carbonyl (C=O) groups excluding carboxylic acids is 1. The van der Waals surface area contributed by atoms with Crippen molar-refractivity contribution in [3.8, 4) is 5.75 Å². The highest BCUT2D eigenvalue weighted by atomic mass is 16.5. The maximum atomic E-state index is 10.9. The van der Waals surface area contributed by atoms with Crippen molar-refractivity contribution in [1.82, 2.24) is 0 Å². The van der Waals surface area contributed by atoms with Crippen molar-refractivity contribution in [2.24, 2.45) is 0 Å². The van der Waals surface area contributed by atoms with Crippen LogP contribution in [0, 0.1) is 0 Å². The van der Waals surface area contributed by atoms with E-state index in [0.29, 0.717) is 11.3 Å². The maximum absolute atomic E-state index is 10.9. The lowest BCUT2D eigenvalue weighted by Crippen LogP contribution is -2.06. The zero-order valence-electron chi connectivity index (χ0n) is 7.28. The smallest absolute Gasteiger partial charge is 0.310 e. The Morgan fingerprint density at radius 2 is 2.31 bits per heavy atom. The SMILES string of the molecule is COC(=O)Cc1cc(O)ccc1N. The summed E-state index contributed by atoms with van der Waals surface area (Å²) in [6.45, 7) is 0. The number of nitrogen functional groups attached to an aromatic ring is 1. The first kappa shape index (κ1) is 9.38. The number of ether oxygens (including phenoxy) is 1. The molecule has 0 unspecified atom stereocenters. The van der Waals surface area contributed by atoms with Crippen LogP contribution in [0.15, 0.2) is 18.2 Å². The summed E-state index contributed by atoms with van der Waals surface area (Å²) in [4.78, 5) is 10.9. The van der Waals surface area contributed by atoms with Gasteiger partial charge in [-0.25, -0.2) is 0 Å². The molecule has 0 aromatic heterocycles. The molecule has 0 fully saturated rings. The molecule has 0 aliphatic rings. The van der Waals surface area contributed by atoms with E-state index in [2.05, 4.69) is 4.74 Å². The van der Waals surface area contributed by atoms with Crippen LogP contribution in [0.5, 0.6) is 5.75 Å². The quantitative estimate of drug-likeness (QED) is 0.400. The van der Waals surface area contributed by atoms with Gasteiger partial charge in [0.1, 0.15) is 5.75 Å². The highest BCUT2D eigenvalue weighted by molar-refractivity contribution is 5.75. The molecule has 0 bridgehead atoms. The molecule has 0 heterocycles. The Kier molecular flexibility index (Phi) is 2.74. The molecule has 3 N–H and O–H groups in total. The fourth-order valence-electron chi connectivity index (χ4n) is 0.973. The zero-order valence-corrected chi connectivity index (χ0v) is 7.28. The van der Waals surface area contributed by atoms with Crippen LogP contribution in [0.1, 0.15) is 5.56 Å². The van der Waals surface area contributed by atoms with E-state index in [9.17, 15) is 4.79 Å². The molecule has 1 aromatic carbocycles. The number of hydrogen-bond donors (Lipinski definition) is 2. The minimum Gasteiger partial charge on any atom is -0.508 e. The van der Waals surface area contributed by atoms with E-state index in [1.54, 1.807) is 6.07 Å². The number of nitrogens with two attached hydrogens (primary N) is 1. The van der Waals surface area contributed by atoms with Gasteiger partial charge in [-0.3, -0.25) is 4.79 Å². The molecule has 0 saturated carbocycles. The Morgan fingerprint density at radius 1 is 1.62 bits per heavy atom. The van der Waals surface area contributed by atoms with Gasteiger partial charge in [0, 0.05) is 5.69 Å². The highest BCUT2D eigenvalue weighted by Crippen LogP contribution is 2.18. The molecule has 70 valence electrons. The number of benzene rings is 1. The Balaban J connectivity index is 2.87. The summed E-state index contributed by atoms with van der Waals surface area (Å²) in [6, 6.07) is 4.47. The third-order valence-corrected chi connectivity index (χ3v) is 1.69. The first-order valence-corrected chi connectivity index (χ1v) is 3.77. The van der Waals surface area contributed by atoms with Crippen LogP contribution in [0.3, 0.4) is 0 Å². The second-order valence-corrected chi connectivity index (χ2v) is 2.64. The van der Waals surface area contributed by atoms with Crippen LogP contribution in [-0.2, 0) is 16.0 Å². The molecule has 0 aliphatic heterocycles. The molecule has 4 heteroatoms. The van der Waals surface area contributed by atoms with Gasteiger partial charge in [-0.15, -0.1) is 0 Å². The van der Waals surface area contributed by atoms with Crippen LogP contribution in [0.25, 0.3) is 0 Å². The molecule has 0 radical (unpaired) electrons.